The van der Waals surface area contributed by atoms with Crippen LogP contribution < -0.4 is 10.7 Å². The molecule has 0 bridgehead atoms. The Morgan fingerprint density at radius 1 is 1.50 bits per heavy atom. The maximum atomic E-state index is 11.9. The lowest BCUT2D eigenvalue weighted by molar-refractivity contribution is 0.102. The predicted molar refractivity (Wildman–Crippen MR) is 69.0 cm³/mol. The van der Waals surface area contributed by atoms with E-state index < -0.39 is 5.91 Å². The van der Waals surface area contributed by atoms with Crippen LogP contribution in [-0.4, -0.2) is 15.9 Å². The van der Waals surface area contributed by atoms with Crippen molar-refractivity contribution < 1.29 is 4.79 Å². The number of anilines is 1. The molecule has 0 atom stereocenters. The van der Waals surface area contributed by atoms with Gasteiger partial charge in [0, 0.05) is 24.2 Å². The summed E-state index contributed by atoms with van der Waals surface area (Å²) >= 11 is 5.88. The molecule has 0 saturated carbocycles. The van der Waals surface area contributed by atoms with Gasteiger partial charge in [0.25, 0.3) is 5.91 Å². The third kappa shape index (κ3) is 2.57. The Morgan fingerprint density at radius 3 is 2.94 bits per heavy atom. The Morgan fingerprint density at radius 2 is 2.28 bits per heavy atom. The van der Waals surface area contributed by atoms with Gasteiger partial charge in [0.15, 0.2) is 5.43 Å². The summed E-state index contributed by atoms with van der Waals surface area (Å²) in [6.45, 7) is 1.74. The highest BCUT2D eigenvalue weighted by Gasteiger charge is 2.12. The molecule has 0 spiro atoms. The largest absolute Gasteiger partial charge is 0.364 e. The molecule has 0 radical (unpaired) electrons. The zero-order chi connectivity index (χ0) is 13.1. The molecule has 2 heterocycles. The number of carbonyl (C=O) groups is 1. The lowest BCUT2D eigenvalue weighted by Crippen LogP contribution is -2.21. The van der Waals surface area contributed by atoms with E-state index in [1.165, 1.54) is 24.7 Å². The van der Waals surface area contributed by atoms with Gasteiger partial charge in [-0.3, -0.25) is 14.6 Å². The molecule has 2 aromatic rings. The minimum absolute atomic E-state index is 0.0283. The first-order valence-electron chi connectivity index (χ1n) is 5.18. The molecule has 0 unspecified atom stereocenters. The van der Waals surface area contributed by atoms with Gasteiger partial charge in [-0.25, -0.2) is 0 Å². The van der Waals surface area contributed by atoms with Crippen molar-refractivity contribution in [2.75, 3.05) is 5.32 Å². The number of aryl methyl sites for hydroxylation is 1. The number of rotatable bonds is 2. The normalized spacial score (nSPS) is 10.1. The number of nitrogens with one attached hydrogen (secondary N) is 2. The van der Waals surface area contributed by atoms with E-state index in [1.54, 1.807) is 13.0 Å². The quantitative estimate of drug-likeness (QED) is 0.870. The average Bonchev–Trinajstić information content (AvgIpc) is 2.32. The second-order valence-corrected chi connectivity index (χ2v) is 4.11. The van der Waals surface area contributed by atoms with E-state index in [9.17, 15) is 9.59 Å². The van der Waals surface area contributed by atoms with Gasteiger partial charge in [0.2, 0.25) is 0 Å². The fraction of sp³-hybridized carbons (Fsp3) is 0.0833. The van der Waals surface area contributed by atoms with E-state index in [1.807, 2.05) is 0 Å². The number of carbonyl (C=O) groups excluding carboxylic acids is 1. The second-order valence-electron chi connectivity index (χ2n) is 3.70. The van der Waals surface area contributed by atoms with Crippen molar-refractivity contribution in [3.05, 3.63) is 57.2 Å². The summed E-state index contributed by atoms with van der Waals surface area (Å²) in [6.07, 6.45) is 4.30. The van der Waals surface area contributed by atoms with Gasteiger partial charge in [-0.05, 0) is 13.0 Å². The van der Waals surface area contributed by atoms with E-state index in [-0.39, 0.29) is 11.0 Å². The first-order chi connectivity index (χ1) is 8.58. The summed E-state index contributed by atoms with van der Waals surface area (Å²) in [5.74, 6) is -0.522. The summed E-state index contributed by atoms with van der Waals surface area (Å²) in [5, 5.41) is 2.90. The van der Waals surface area contributed by atoms with Crippen molar-refractivity contribution in [1.82, 2.24) is 9.97 Å². The van der Waals surface area contributed by atoms with Crippen molar-refractivity contribution in [3.8, 4) is 0 Å². The van der Waals surface area contributed by atoms with Crippen LogP contribution in [0.3, 0.4) is 0 Å². The molecule has 2 aromatic heterocycles. The van der Waals surface area contributed by atoms with Crippen LogP contribution in [0.15, 0.2) is 35.5 Å². The Labute approximate surface area is 108 Å². The fourth-order valence-corrected chi connectivity index (χ4v) is 1.56. The summed E-state index contributed by atoms with van der Waals surface area (Å²) in [7, 11) is 0. The van der Waals surface area contributed by atoms with Crippen molar-refractivity contribution >= 4 is 23.2 Å². The van der Waals surface area contributed by atoms with Gasteiger partial charge in [0.1, 0.15) is 5.56 Å². The zero-order valence-electron chi connectivity index (χ0n) is 9.53. The molecule has 2 N–H and O–H groups in total. The van der Waals surface area contributed by atoms with Crippen LogP contribution in [0, 0.1) is 6.92 Å². The molecule has 0 aliphatic carbocycles. The number of H-pyrrole nitrogens is 1. The highest BCUT2D eigenvalue weighted by Crippen LogP contribution is 2.19. The first kappa shape index (κ1) is 12.3. The summed E-state index contributed by atoms with van der Waals surface area (Å²) < 4.78 is 0. The molecule has 0 aliphatic rings. The summed E-state index contributed by atoms with van der Waals surface area (Å²) in [6, 6.07) is 2.91. The molecule has 0 aliphatic heterocycles. The van der Waals surface area contributed by atoms with Gasteiger partial charge in [-0.2, -0.15) is 0 Å². The third-order valence-corrected chi connectivity index (χ3v) is 2.65. The topological polar surface area (TPSA) is 74.8 Å². The zero-order valence-corrected chi connectivity index (χ0v) is 10.3. The van der Waals surface area contributed by atoms with Crippen LogP contribution in [0.1, 0.15) is 16.1 Å². The monoisotopic (exact) mass is 263 g/mol. The number of nitrogens with zero attached hydrogens (tertiary/aromatic N) is 1. The number of amides is 1. The molecule has 2 rings (SSSR count). The van der Waals surface area contributed by atoms with Gasteiger partial charge in [-0.15, -0.1) is 0 Å². The molecule has 18 heavy (non-hydrogen) atoms. The van der Waals surface area contributed by atoms with Crippen molar-refractivity contribution in [2.24, 2.45) is 0 Å². The Hall–Kier alpha value is -2.14. The van der Waals surface area contributed by atoms with Crippen molar-refractivity contribution in [1.29, 1.82) is 0 Å². The predicted octanol–water partition coefficient (Wildman–Crippen LogP) is 1.98. The van der Waals surface area contributed by atoms with Gasteiger partial charge in [0.05, 0.1) is 16.9 Å². The molecule has 0 aromatic carbocycles. The first-order valence-corrected chi connectivity index (χ1v) is 5.56. The van der Waals surface area contributed by atoms with Crippen LogP contribution >= 0.6 is 11.6 Å². The second kappa shape index (κ2) is 5.01. The molecule has 0 fully saturated rings. The molecule has 92 valence electrons. The molecule has 0 saturated heterocycles. The minimum Gasteiger partial charge on any atom is -0.364 e. The molecule has 1 amide bonds. The van der Waals surface area contributed by atoms with E-state index in [0.29, 0.717) is 16.4 Å². The smallest absolute Gasteiger partial charge is 0.261 e. The summed E-state index contributed by atoms with van der Waals surface area (Å²) in [5.41, 5.74) is 0.740. The summed E-state index contributed by atoms with van der Waals surface area (Å²) in [4.78, 5) is 30.2. The maximum absolute atomic E-state index is 11.9. The number of pyridine rings is 2. The Balaban J connectivity index is 2.28. The Bertz CT molecular complexity index is 652. The third-order valence-electron chi connectivity index (χ3n) is 2.32. The number of aromatic nitrogens is 2. The SMILES string of the molecule is Cc1cc(=O)c(C(=O)Nc2cnccc2Cl)c[nH]1. The average molecular weight is 264 g/mol. The molecule has 5 nitrogen and oxygen atoms in total. The minimum atomic E-state index is -0.522. The van der Waals surface area contributed by atoms with Crippen molar-refractivity contribution in [3.63, 3.8) is 0 Å². The molecule has 6 heteroatoms. The van der Waals surface area contributed by atoms with E-state index in [0.717, 1.165) is 0 Å². The molecular weight excluding hydrogens is 254 g/mol. The van der Waals surface area contributed by atoms with Crippen LogP contribution in [0.25, 0.3) is 0 Å². The van der Waals surface area contributed by atoms with E-state index >= 15 is 0 Å². The maximum Gasteiger partial charge on any atom is 0.261 e. The fourth-order valence-electron chi connectivity index (χ4n) is 1.41. The van der Waals surface area contributed by atoms with Crippen molar-refractivity contribution in [2.45, 2.75) is 6.92 Å². The van der Waals surface area contributed by atoms with Crippen LogP contribution in [0.5, 0.6) is 0 Å². The number of aromatic amines is 1. The number of hydrogen-bond donors (Lipinski definition) is 2. The van der Waals surface area contributed by atoms with E-state index in [2.05, 4.69) is 15.3 Å². The highest BCUT2D eigenvalue weighted by molar-refractivity contribution is 6.33. The number of hydrogen-bond acceptors (Lipinski definition) is 3. The number of halogens is 1. The lowest BCUT2D eigenvalue weighted by Gasteiger charge is -2.06. The van der Waals surface area contributed by atoms with Crippen LogP contribution in [0.2, 0.25) is 5.02 Å². The van der Waals surface area contributed by atoms with Gasteiger partial charge < -0.3 is 10.3 Å². The molecular formula is C12H10ClN3O2. The standard InChI is InChI=1S/C12H10ClN3O2/c1-7-4-11(17)8(5-15-7)12(18)16-10-6-14-3-2-9(10)13/h2-6H,1H3,(H,15,17)(H,16,18). The van der Waals surface area contributed by atoms with Crippen LogP contribution in [0.4, 0.5) is 5.69 Å². The Kier molecular flexibility index (Phi) is 3.43. The highest BCUT2D eigenvalue weighted by atomic mass is 35.5. The van der Waals surface area contributed by atoms with Gasteiger partial charge >= 0.3 is 0 Å². The van der Waals surface area contributed by atoms with Crippen LogP contribution in [-0.2, 0) is 0 Å². The van der Waals surface area contributed by atoms with Gasteiger partial charge in [-0.1, -0.05) is 11.6 Å². The lowest BCUT2D eigenvalue weighted by atomic mass is 10.2. The van der Waals surface area contributed by atoms with E-state index in [4.69, 9.17) is 11.6 Å².